The van der Waals surface area contributed by atoms with Gasteiger partial charge < -0.3 is 20.3 Å². The van der Waals surface area contributed by atoms with E-state index in [1.807, 2.05) is 35.2 Å². The number of ether oxygens (including phenoxy) is 1. The molecule has 1 aliphatic rings. The van der Waals surface area contributed by atoms with Crippen LogP contribution >= 0.6 is 15.9 Å². The molecule has 0 aliphatic carbocycles. The summed E-state index contributed by atoms with van der Waals surface area (Å²) in [5.41, 5.74) is 2.29. The van der Waals surface area contributed by atoms with Crippen LogP contribution in [0.25, 0.3) is 0 Å². The smallest absolute Gasteiger partial charge is 0.241 e. The third-order valence-electron chi connectivity index (χ3n) is 5.48. The number of hydrogen-bond donors (Lipinski definition) is 2. The number of piperidine rings is 1. The minimum atomic E-state index is -0.192. The van der Waals surface area contributed by atoms with E-state index in [2.05, 4.69) is 44.8 Å². The normalized spacial score (nSPS) is 18.7. The van der Waals surface area contributed by atoms with Gasteiger partial charge in [0.25, 0.3) is 0 Å². The number of halogens is 1. The second-order valence-corrected chi connectivity index (χ2v) is 8.41. The van der Waals surface area contributed by atoms with Gasteiger partial charge in [0.1, 0.15) is 5.75 Å². The van der Waals surface area contributed by atoms with Crippen molar-refractivity contribution in [2.24, 2.45) is 0 Å². The fourth-order valence-corrected chi connectivity index (χ4v) is 4.31. The van der Waals surface area contributed by atoms with E-state index in [1.165, 1.54) is 12.5 Å². The van der Waals surface area contributed by atoms with Crippen LogP contribution in [0.15, 0.2) is 53.0 Å². The predicted octanol–water partition coefficient (Wildman–Crippen LogP) is 3.07. The molecule has 1 aliphatic heterocycles. The lowest BCUT2D eigenvalue weighted by Crippen LogP contribution is -2.51. The molecule has 0 aromatic heterocycles. The van der Waals surface area contributed by atoms with E-state index in [9.17, 15) is 9.59 Å². The van der Waals surface area contributed by atoms with E-state index in [0.717, 1.165) is 22.2 Å². The van der Waals surface area contributed by atoms with Crippen LogP contribution in [0.4, 0.5) is 0 Å². The summed E-state index contributed by atoms with van der Waals surface area (Å²) in [7, 11) is 1.68. The summed E-state index contributed by atoms with van der Waals surface area (Å²) in [6, 6.07) is 16.5. The summed E-state index contributed by atoms with van der Waals surface area (Å²) >= 11 is 3.53. The predicted molar refractivity (Wildman–Crippen MR) is 120 cm³/mol. The van der Waals surface area contributed by atoms with E-state index in [4.69, 9.17) is 4.74 Å². The van der Waals surface area contributed by atoms with Gasteiger partial charge in [-0.1, -0.05) is 46.3 Å². The molecule has 3 rings (SSSR count). The molecule has 2 N–H and O–H groups in total. The Labute approximate surface area is 186 Å². The Bertz CT molecular complexity index is 875. The Morgan fingerprint density at radius 2 is 1.97 bits per heavy atom. The van der Waals surface area contributed by atoms with Gasteiger partial charge in [-0.25, -0.2) is 0 Å². The number of carbonyl (C=O) groups is 2. The molecule has 2 aromatic rings. The SMILES string of the molecule is COc1ccc(Br)cc1CNC1CCN(C(=O)CNC(C)=O)CC1c1ccccc1. The molecule has 1 heterocycles. The molecule has 160 valence electrons. The highest BCUT2D eigenvalue weighted by molar-refractivity contribution is 9.10. The van der Waals surface area contributed by atoms with Crippen LogP contribution in [0.3, 0.4) is 0 Å². The van der Waals surface area contributed by atoms with Gasteiger partial charge in [-0.2, -0.15) is 0 Å². The first kappa shape index (κ1) is 22.3. The van der Waals surface area contributed by atoms with Crippen molar-refractivity contribution in [1.29, 1.82) is 0 Å². The number of nitrogens with zero attached hydrogens (tertiary/aromatic N) is 1. The van der Waals surface area contributed by atoms with Crippen LogP contribution in [0.2, 0.25) is 0 Å². The Kier molecular flexibility index (Phi) is 7.87. The highest BCUT2D eigenvalue weighted by Crippen LogP contribution is 2.29. The molecule has 0 saturated carbocycles. The lowest BCUT2D eigenvalue weighted by molar-refractivity contribution is -0.133. The molecule has 6 nitrogen and oxygen atoms in total. The summed E-state index contributed by atoms with van der Waals surface area (Å²) in [5.74, 6) is 0.782. The molecule has 2 amide bonds. The number of methoxy groups -OCH3 is 1. The monoisotopic (exact) mass is 473 g/mol. The zero-order valence-corrected chi connectivity index (χ0v) is 18.9. The minimum absolute atomic E-state index is 0.0433. The van der Waals surface area contributed by atoms with Gasteiger partial charge in [-0.15, -0.1) is 0 Å². The molecule has 2 unspecified atom stereocenters. The van der Waals surface area contributed by atoms with Crippen LogP contribution in [-0.4, -0.2) is 49.5 Å². The average molecular weight is 474 g/mol. The maximum atomic E-state index is 12.6. The molecular formula is C23H28BrN3O3. The number of nitrogens with one attached hydrogen (secondary N) is 2. The van der Waals surface area contributed by atoms with Gasteiger partial charge in [0.05, 0.1) is 13.7 Å². The topological polar surface area (TPSA) is 70.7 Å². The molecule has 0 spiro atoms. The first-order chi connectivity index (χ1) is 14.5. The Balaban J connectivity index is 1.73. The molecule has 1 fully saturated rings. The maximum Gasteiger partial charge on any atom is 0.241 e. The fraction of sp³-hybridized carbons (Fsp3) is 0.391. The van der Waals surface area contributed by atoms with Gasteiger partial charge in [-0.05, 0) is 30.2 Å². The molecular weight excluding hydrogens is 446 g/mol. The van der Waals surface area contributed by atoms with Crippen molar-refractivity contribution in [3.63, 3.8) is 0 Å². The second kappa shape index (κ2) is 10.6. The van der Waals surface area contributed by atoms with Crippen molar-refractivity contribution in [2.75, 3.05) is 26.7 Å². The van der Waals surface area contributed by atoms with E-state index in [1.54, 1.807) is 7.11 Å². The minimum Gasteiger partial charge on any atom is -0.496 e. The van der Waals surface area contributed by atoms with Crippen molar-refractivity contribution in [2.45, 2.75) is 31.8 Å². The van der Waals surface area contributed by atoms with Crippen LogP contribution in [0, 0.1) is 0 Å². The Hall–Kier alpha value is -2.38. The van der Waals surface area contributed by atoms with Crippen molar-refractivity contribution < 1.29 is 14.3 Å². The lowest BCUT2D eigenvalue weighted by atomic mass is 9.85. The highest BCUT2D eigenvalue weighted by Gasteiger charge is 2.32. The van der Waals surface area contributed by atoms with Gasteiger partial charge >= 0.3 is 0 Å². The zero-order chi connectivity index (χ0) is 21.5. The molecule has 2 atom stereocenters. The van der Waals surface area contributed by atoms with E-state index in [0.29, 0.717) is 19.6 Å². The van der Waals surface area contributed by atoms with Gasteiger partial charge in [0.15, 0.2) is 0 Å². The van der Waals surface area contributed by atoms with Gasteiger partial charge in [-0.3, -0.25) is 9.59 Å². The van der Waals surface area contributed by atoms with E-state index in [-0.39, 0.29) is 30.3 Å². The number of benzene rings is 2. The zero-order valence-electron chi connectivity index (χ0n) is 17.4. The summed E-state index contributed by atoms with van der Waals surface area (Å²) < 4.78 is 6.51. The van der Waals surface area contributed by atoms with Crippen LogP contribution in [0.1, 0.15) is 30.4 Å². The summed E-state index contributed by atoms with van der Waals surface area (Å²) in [4.78, 5) is 25.6. The molecule has 0 radical (unpaired) electrons. The molecule has 0 bridgehead atoms. The second-order valence-electron chi connectivity index (χ2n) is 7.50. The van der Waals surface area contributed by atoms with Gasteiger partial charge in [0.2, 0.25) is 11.8 Å². The van der Waals surface area contributed by atoms with E-state index < -0.39 is 0 Å². The third-order valence-corrected chi connectivity index (χ3v) is 5.97. The average Bonchev–Trinajstić information content (AvgIpc) is 2.76. The maximum absolute atomic E-state index is 12.6. The largest absolute Gasteiger partial charge is 0.496 e. The van der Waals surface area contributed by atoms with Gasteiger partial charge in [0, 0.05) is 48.6 Å². The van der Waals surface area contributed by atoms with Crippen molar-refractivity contribution >= 4 is 27.7 Å². The standard InChI is InChI=1S/C23H28BrN3O3/c1-16(28)25-14-23(29)27-11-10-21(20(15-27)17-6-4-3-5-7-17)26-13-18-12-19(24)8-9-22(18)30-2/h3-9,12,20-21,26H,10-11,13-15H2,1-2H3,(H,25,28). The number of hydrogen-bond acceptors (Lipinski definition) is 4. The summed E-state index contributed by atoms with van der Waals surface area (Å²) in [6.07, 6.45) is 0.835. The van der Waals surface area contributed by atoms with Crippen LogP contribution < -0.4 is 15.4 Å². The van der Waals surface area contributed by atoms with Crippen molar-refractivity contribution in [1.82, 2.24) is 15.5 Å². The molecule has 1 saturated heterocycles. The van der Waals surface area contributed by atoms with E-state index >= 15 is 0 Å². The number of likely N-dealkylation sites (tertiary alicyclic amines) is 1. The third kappa shape index (κ3) is 5.83. The van der Waals surface area contributed by atoms with Crippen molar-refractivity contribution in [3.05, 3.63) is 64.1 Å². The van der Waals surface area contributed by atoms with Crippen LogP contribution in [0.5, 0.6) is 5.75 Å². The van der Waals surface area contributed by atoms with Crippen molar-refractivity contribution in [3.8, 4) is 5.75 Å². The number of amides is 2. The first-order valence-corrected chi connectivity index (χ1v) is 10.9. The quantitative estimate of drug-likeness (QED) is 0.648. The number of rotatable bonds is 7. The fourth-order valence-electron chi connectivity index (χ4n) is 3.90. The Morgan fingerprint density at radius 1 is 1.20 bits per heavy atom. The summed E-state index contributed by atoms with van der Waals surface area (Å²) in [6.45, 7) is 3.43. The first-order valence-electron chi connectivity index (χ1n) is 10.1. The molecule has 30 heavy (non-hydrogen) atoms. The molecule has 2 aromatic carbocycles. The lowest BCUT2D eigenvalue weighted by Gasteiger charge is -2.39. The number of carbonyl (C=O) groups excluding carboxylic acids is 2. The van der Waals surface area contributed by atoms with Crippen LogP contribution in [-0.2, 0) is 16.1 Å². The molecule has 7 heteroatoms. The Morgan fingerprint density at radius 3 is 2.67 bits per heavy atom. The highest BCUT2D eigenvalue weighted by atomic mass is 79.9. The summed E-state index contributed by atoms with van der Waals surface area (Å²) in [5, 5.41) is 6.30.